The van der Waals surface area contributed by atoms with Crippen LogP contribution in [0.5, 0.6) is 0 Å². The van der Waals surface area contributed by atoms with Crippen LogP contribution in [0, 0.1) is 22.7 Å². The first-order chi connectivity index (χ1) is 8.31. The molecule has 1 aromatic rings. The first kappa shape index (κ1) is 12.8. The molecule has 1 rings (SSSR count). The van der Waals surface area contributed by atoms with Crippen molar-refractivity contribution in [3.05, 3.63) is 36.9 Å². The van der Waals surface area contributed by atoms with Gasteiger partial charge in [-0.2, -0.15) is 15.6 Å². The second-order valence-corrected chi connectivity index (χ2v) is 3.95. The van der Waals surface area contributed by atoms with Crippen LogP contribution in [-0.2, 0) is 0 Å². The topological polar surface area (TPSA) is 72.0 Å². The molecule has 0 bridgehead atoms. The molecule has 0 aliphatic heterocycles. The zero-order valence-electron chi connectivity index (χ0n) is 9.05. The van der Waals surface area contributed by atoms with Crippen LogP contribution in [0.4, 0.5) is 5.69 Å². The number of thioether (sulfide) groups is 1. The summed E-state index contributed by atoms with van der Waals surface area (Å²) in [5.41, 5.74) is 3.28. The van der Waals surface area contributed by atoms with Crippen molar-refractivity contribution in [1.29, 1.82) is 10.5 Å². The Hall–Kier alpha value is -2.24. The Morgan fingerprint density at radius 1 is 1.41 bits per heavy atom. The van der Waals surface area contributed by atoms with Gasteiger partial charge in [-0.1, -0.05) is 18.2 Å². The molecule has 4 nitrogen and oxygen atoms in total. The third-order valence-corrected chi connectivity index (χ3v) is 2.81. The number of hydrogen-bond acceptors (Lipinski definition) is 5. The second kappa shape index (κ2) is 7.10. The highest BCUT2D eigenvalue weighted by molar-refractivity contribution is 7.99. The molecule has 0 aromatic heterocycles. The minimum atomic E-state index is -0.200. The number of para-hydroxylation sites is 1. The largest absolute Gasteiger partial charge is 0.275 e. The average Bonchev–Trinajstić information content (AvgIpc) is 2.38. The molecule has 0 aliphatic rings. The number of nitrogens with one attached hydrogen (secondary N) is 1. The van der Waals surface area contributed by atoms with E-state index in [2.05, 4.69) is 17.1 Å². The van der Waals surface area contributed by atoms with E-state index in [0.29, 0.717) is 0 Å². The maximum absolute atomic E-state index is 8.55. The van der Waals surface area contributed by atoms with Gasteiger partial charge in [-0.05, 0) is 12.1 Å². The highest BCUT2D eigenvalue weighted by Crippen LogP contribution is 2.26. The van der Waals surface area contributed by atoms with Gasteiger partial charge in [0, 0.05) is 10.6 Å². The van der Waals surface area contributed by atoms with Gasteiger partial charge >= 0.3 is 0 Å². The van der Waals surface area contributed by atoms with Crippen molar-refractivity contribution in [1.82, 2.24) is 0 Å². The van der Waals surface area contributed by atoms with Crippen molar-refractivity contribution >= 4 is 23.2 Å². The van der Waals surface area contributed by atoms with E-state index in [4.69, 9.17) is 10.5 Å². The Morgan fingerprint density at radius 3 is 2.76 bits per heavy atom. The number of benzene rings is 1. The van der Waals surface area contributed by atoms with E-state index in [1.54, 1.807) is 30.0 Å². The average molecular weight is 242 g/mol. The fourth-order valence-corrected chi connectivity index (χ4v) is 1.77. The summed E-state index contributed by atoms with van der Waals surface area (Å²) < 4.78 is 0. The molecule has 0 saturated heterocycles. The first-order valence-corrected chi connectivity index (χ1v) is 5.77. The lowest BCUT2D eigenvalue weighted by Crippen LogP contribution is -1.97. The molecule has 0 unspecified atom stereocenters. The summed E-state index contributed by atoms with van der Waals surface area (Å²) in [7, 11) is 0. The summed E-state index contributed by atoms with van der Waals surface area (Å²) in [5, 5.41) is 20.8. The number of nitrogens with zero attached hydrogens (tertiary/aromatic N) is 3. The third-order valence-electron chi connectivity index (χ3n) is 1.74. The van der Waals surface area contributed by atoms with Gasteiger partial charge in [-0.25, -0.2) is 0 Å². The number of hydrazone groups is 1. The molecular weight excluding hydrogens is 232 g/mol. The Labute approximate surface area is 104 Å². The lowest BCUT2D eigenvalue weighted by atomic mass is 10.3. The first-order valence-electron chi connectivity index (χ1n) is 4.78. The summed E-state index contributed by atoms with van der Waals surface area (Å²) in [6, 6.07) is 10.9. The Kier molecular flexibility index (Phi) is 5.36. The maximum atomic E-state index is 8.55. The number of anilines is 1. The van der Waals surface area contributed by atoms with E-state index in [1.165, 1.54) is 0 Å². The zero-order valence-corrected chi connectivity index (χ0v) is 9.87. The summed E-state index contributed by atoms with van der Waals surface area (Å²) in [4.78, 5) is 0.992. The normalized spacial score (nSPS) is 8.59. The lowest BCUT2D eigenvalue weighted by molar-refractivity contribution is 1.28. The van der Waals surface area contributed by atoms with Gasteiger partial charge in [-0.15, -0.1) is 18.3 Å². The molecule has 84 valence electrons. The van der Waals surface area contributed by atoms with Gasteiger partial charge < -0.3 is 0 Å². The fraction of sp³-hybridized carbons (Fsp3) is 0.0833. The molecule has 1 N–H and O–H groups in total. The molecule has 0 spiro atoms. The van der Waals surface area contributed by atoms with Crippen LogP contribution >= 0.6 is 11.8 Å². The molecule has 0 heterocycles. The summed E-state index contributed by atoms with van der Waals surface area (Å²) in [6.07, 6.45) is 1.81. The van der Waals surface area contributed by atoms with Gasteiger partial charge in [0.2, 0.25) is 5.71 Å². The van der Waals surface area contributed by atoms with E-state index in [1.807, 2.05) is 24.3 Å². The van der Waals surface area contributed by atoms with Crippen molar-refractivity contribution in [2.45, 2.75) is 4.90 Å². The monoisotopic (exact) mass is 242 g/mol. The SMILES string of the molecule is C=CCSc1ccccc1NN=C(C#N)C#N. The Balaban J connectivity index is 2.84. The molecule has 0 fully saturated rings. The molecule has 17 heavy (non-hydrogen) atoms. The van der Waals surface area contributed by atoms with Crippen LogP contribution in [0.3, 0.4) is 0 Å². The van der Waals surface area contributed by atoms with Crippen LogP contribution in [0.2, 0.25) is 0 Å². The number of rotatable bonds is 5. The zero-order chi connectivity index (χ0) is 12.5. The van der Waals surface area contributed by atoms with E-state index in [9.17, 15) is 0 Å². The smallest absolute Gasteiger partial charge is 0.237 e. The fourth-order valence-electron chi connectivity index (χ4n) is 1.02. The minimum Gasteiger partial charge on any atom is -0.275 e. The van der Waals surface area contributed by atoms with Gasteiger partial charge in [0.1, 0.15) is 12.1 Å². The highest BCUT2D eigenvalue weighted by atomic mass is 32.2. The van der Waals surface area contributed by atoms with Crippen molar-refractivity contribution in [3.8, 4) is 12.1 Å². The van der Waals surface area contributed by atoms with E-state index < -0.39 is 0 Å². The summed E-state index contributed by atoms with van der Waals surface area (Å²) in [6.45, 7) is 3.65. The van der Waals surface area contributed by atoms with Gasteiger partial charge in [-0.3, -0.25) is 5.43 Å². The Bertz CT molecular complexity index is 492. The van der Waals surface area contributed by atoms with Crippen LogP contribution in [-0.4, -0.2) is 11.5 Å². The van der Waals surface area contributed by atoms with E-state index in [0.717, 1.165) is 16.3 Å². The standard InChI is InChI=1S/C12H10N4S/c1-2-7-17-12-6-4-3-5-11(12)16-15-10(8-13)9-14/h2-6,16H,1,7H2. The maximum Gasteiger partial charge on any atom is 0.237 e. The molecule has 0 amide bonds. The van der Waals surface area contributed by atoms with Crippen LogP contribution in [0.15, 0.2) is 46.9 Å². The molecule has 0 radical (unpaired) electrons. The van der Waals surface area contributed by atoms with Crippen molar-refractivity contribution < 1.29 is 0 Å². The number of nitriles is 2. The lowest BCUT2D eigenvalue weighted by Gasteiger charge is -2.06. The van der Waals surface area contributed by atoms with E-state index >= 15 is 0 Å². The predicted octanol–water partition coefficient (Wildman–Crippen LogP) is 2.78. The molecule has 0 atom stereocenters. The summed E-state index contributed by atoms with van der Waals surface area (Å²) in [5.74, 6) is 0.783. The van der Waals surface area contributed by atoms with E-state index in [-0.39, 0.29) is 5.71 Å². The third kappa shape index (κ3) is 4.02. The molecular formula is C12H10N4S. The highest BCUT2D eigenvalue weighted by Gasteiger charge is 2.01. The van der Waals surface area contributed by atoms with Crippen LogP contribution in [0.1, 0.15) is 0 Å². The second-order valence-electron chi connectivity index (χ2n) is 2.89. The van der Waals surface area contributed by atoms with Crippen molar-refractivity contribution in [3.63, 3.8) is 0 Å². The van der Waals surface area contributed by atoms with Crippen molar-refractivity contribution in [2.24, 2.45) is 5.10 Å². The summed E-state index contributed by atoms with van der Waals surface area (Å²) >= 11 is 1.60. The van der Waals surface area contributed by atoms with Crippen molar-refractivity contribution in [2.75, 3.05) is 11.2 Å². The molecule has 5 heteroatoms. The quantitative estimate of drug-likeness (QED) is 0.373. The van der Waals surface area contributed by atoms with Crippen LogP contribution < -0.4 is 5.43 Å². The minimum absolute atomic E-state index is 0.200. The van der Waals surface area contributed by atoms with Gasteiger partial charge in [0.15, 0.2) is 0 Å². The molecule has 0 aliphatic carbocycles. The predicted molar refractivity (Wildman–Crippen MR) is 69.6 cm³/mol. The van der Waals surface area contributed by atoms with Gasteiger partial charge in [0.05, 0.1) is 5.69 Å². The van der Waals surface area contributed by atoms with Gasteiger partial charge in [0.25, 0.3) is 0 Å². The van der Waals surface area contributed by atoms with Crippen LogP contribution in [0.25, 0.3) is 0 Å². The molecule has 1 aromatic carbocycles. The Morgan fingerprint density at radius 2 is 2.12 bits per heavy atom. The number of hydrogen-bond donors (Lipinski definition) is 1. The molecule has 0 saturated carbocycles.